The monoisotopic (exact) mass is 365 g/mol. The molecule has 2 saturated heterocycles. The van der Waals surface area contributed by atoms with E-state index < -0.39 is 34.4 Å². The summed E-state index contributed by atoms with van der Waals surface area (Å²) in [6.07, 6.45) is -2.84. The third kappa shape index (κ3) is 2.55. The van der Waals surface area contributed by atoms with Crippen LogP contribution in [0, 0.1) is 0 Å². The Bertz CT molecular complexity index is 681. The zero-order valence-electron chi connectivity index (χ0n) is 12.4. The predicted molar refractivity (Wildman–Crippen MR) is 79.0 cm³/mol. The van der Waals surface area contributed by atoms with Crippen LogP contribution in [0.15, 0.2) is 0 Å². The van der Waals surface area contributed by atoms with Gasteiger partial charge in [-0.05, 0) is 13.8 Å². The number of halogens is 3. The van der Waals surface area contributed by atoms with E-state index in [0.29, 0.717) is 24.3 Å². The second kappa shape index (κ2) is 5.27. The van der Waals surface area contributed by atoms with Crippen molar-refractivity contribution in [2.24, 2.45) is 0 Å². The van der Waals surface area contributed by atoms with E-state index in [-0.39, 0.29) is 16.7 Å². The van der Waals surface area contributed by atoms with E-state index in [1.807, 2.05) is 13.8 Å². The summed E-state index contributed by atoms with van der Waals surface area (Å²) in [7, 11) is 0. The second-order valence-corrected chi connectivity index (χ2v) is 7.47. The van der Waals surface area contributed by atoms with Gasteiger partial charge in [-0.2, -0.15) is 0 Å². The summed E-state index contributed by atoms with van der Waals surface area (Å²) in [5.41, 5.74) is -1.46. The number of hydrogen-bond donors (Lipinski definition) is 1. The quantitative estimate of drug-likeness (QED) is 0.874. The highest BCUT2D eigenvalue weighted by molar-refractivity contribution is 7.14. The lowest BCUT2D eigenvalue weighted by Gasteiger charge is -2.33. The smallest absolute Gasteiger partial charge is 0.408 e. The first-order chi connectivity index (χ1) is 10.7. The summed E-state index contributed by atoms with van der Waals surface area (Å²) < 4.78 is 30.9. The Morgan fingerprint density at radius 1 is 1.52 bits per heavy atom. The van der Waals surface area contributed by atoms with Crippen LogP contribution in [0.25, 0.3) is 0 Å². The summed E-state index contributed by atoms with van der Waals surface area (Å²) in [5.74, 6) is -0.487. The highest BCUT2D eigenvalue weighted by Gasteiger charge is 2.59. The molecule has 1 aromatic rings. The number of rotatable bonds is 2. The molecule has 1 aromatic heterocycles. The summed E-state index contributed by atoms with van der Waals surface area (Å²) in [6, 6.07) is 0. The second-order valence-electron chi connectivity index (χ2n) is 6.09. The Labute approximate surface area is 139 Å². The zero-order chi connectivity index (χ0) is 17.0. The van der Waals surface area contributed by atoms with Crippen molar-refractivity contribution in [3.63, 3.8) is 0 Å². The molecule has 0 aromatic carbocycles. The van der Waals surface area contributed by atoms with Gasteiger partial charge in [-0.15, -0.1) is 11.3 Å². The standard InChI is InChI=1S/C13H14ClF2N3O3S/c1-12(2)13(22-11(21)18-12)3-4-19(5-13)10(20)9-17-7(14)6(23-9)8(15)16/h8H,3-5H2,1-2H3,(H,18,21). The van der Waals surface area contributed by atoms with Gasteiger partial charge in [0.15, 0.2) is 10.6 Å². The fourth-order valence-corrected chi connectivity index (χ4v) is 4.04. The fourth-order valence-electron chi connectivity index (χ4n) is 2.92. The zero-order valence-corrected chi connectivity index (χ0v) is 13.9. The number of carbonyl (C=O) groups excluding carboxylic acids is 2. The van der Waals surface area contributed by atoms with Crippen molar-refractivity contribution in [1.82, 2.24) is 15.2 Å². The minimum Gasteiger partial charge on any atom is -0.438 e. The van der Waals surface area contributed by atoms with Crippen LogP contribution in [-0.2, 0) is 4.74 Å². The van der Waals surface area contributed by atoms with E-state index in [1.54, 1.807) is 0 Å². The van der Waals surface area contributed by atoms with Gasteiger partial charge in [-0.3, -0.25) is 4.79 Å². The van der Waals surface area contributed by atoms with Gasteiger partial charge in [0.25, 0.3) is 12.3 Å². The Balaban J connectivity index is 1.81. The van der Waals surface area contributed by atoms with Crippen molar-refractivity contribution in [3.05, 3.63) is 15.0 Å². The van der Waals surface area contributed by atoms with E-state index in [2.05, 4.69) is 10.3 Å². The number of carbonyl (C=O) groups is 2. The molecule has 126 valence electrons. The third-order valence-corrected chi connectivity index (χ3v) is 5.80. The van der Waals surface area contributed by atoms with Gasteiger partial charge in [0, 0.05) is 13.0 Å². The molecule has 2 amide bonds. The number of aromatic nitrogens is 1. The Hall–Kier alpha value is -1.48. The van der Waals surface area contributed by atoms with Crippen LogP contribution in [0.4, 0.5) is 13.6 Å². The summed E-state index contributed by atoms with van der Waals surface area (Å²) in [6.45, 7) is 4.17. The molecule has 1 spiro atoms. The molecule has 2 aliphatic rings. The lowest BCUT2D eigenvalue weighted by Crippen LogP contribution is -2.54. The lowest BCUT2D eigenvalue weighted by molar-refractivity contribution is 0.0188. The minimum atomic E-state index is -2.77. The minimum absolute atomic E-state index is 0.0857. The van der Waals surface area contributed by atoms with Crippen molar-refractivity contribution in [3.8, 4) is 0 Å². The highest BCUT2D eigenvalue weighted by Crippen LogP contribution is 2.40. The van der Waals surface area contributed by atoms with Crippen LogP contribution in [0.3, 0.4) is 0 Å². The van der Waals surface area contributed by atoms with Crippen molar-refractivity contribution in [2.45, 2.75) is 37.8 Å². The normalized spacial score (nSPS) is 26.0. The molecule has 0 bridgehead atoms. The summed E-state index contributed by atoms with van der Waals surface area (Å²) in [4.78, 5) is 28.8. The van der Waals surface area contributed by atoms with Crippen molar-refractivity contribution < 1.29 is 23.1 Å². The SMILES string of the molecule is CC1(C)NC(=O)OC12CCN(C(=O)c1nc(Cl)c(C(F)F)s1)C2. The van der Waals surface area contributed by atoms with E-state index in [1.165, 1.54) is 4.90 Å². The summed E-state index contributed by atoms with van der Waals surface area (Å²) >= 11 is 6.23. The van der Waals surface area contributed by atoms with Crippen LogP contribution in [-0.4, -0.2) is 46.1 Å². The Morgan fingerprint density at radius 3 is 2.74 bits per heavy atom. The van der Waals surface area contributed by atoms with Crippen LogP contribution in [0.5, 0.6) is 0 Å². The molecular formula is C13H14ClF2N3O3S. The first-order valence-electron chi connectivity index (χ1n) is 6.90. The number of amides is 2. The van der Waals surface area contributed by atoms with Gasteiger partial charge in [-0.25, -0.2) is 18.6 Å². The molecule has 6 nitrogen and oxygen atoms in total. The molecule has 0 saturated carbocycles. The number of likely N-dealkylation sites (tertiary alicyclic amines) is 1. The van der Waals surface area contributed by atoms with Gasteiger partial charge < -0.3 is 15.0 Å². The molecule has 1 N–H and O–H groups in total. The van der Waals surface area contributed by atoms with E-state index in [4.69, 9.17) is 16.3 Å². The molecule has 3 rings (SSSR count). The average Bonchev–Trinajstić information content (AvgIpc) is 3.07. The first-order valence-corrected chi connectivity index (χ1v) is 8.09. The van der Waals surface area contributed by atoms with Crippen LogP contribution >= 0.6 is 22.9 Å². The molecule has 0 aliphatic carbocycles. The molecule has 1 atom stereocenters. The molecule has 10 heteroatoms. The number of alkyl halides is 2. The lowest BCUT2D eigenvalue weighted by atomic mass is 9.83. The molecule has 0 radical (unpaired) electrons. The average molecular weight is 366 g/mol. The van der Waals surface area contributed by atoms with Crippen molar-refractivity contribution >= 4 is 34.9 Å². The fraction of sp³-hybridized carbons (Fsp3) is 0.615. The van der Waals surface area contributed by atoms with Gasteiger partial charge in [0.2, 0.25) is 0 Å². The number of hydrogen-bond acceptors (Lipinski definition) is 5. The number of nitrogens with one attached hydrogen (secondary N) is 1. The van der Waals surface area contributed by atoms with Crippen molar-refractivity contribution in [1.29, 1.82) is 0 Å². The third-order valence-electron chi connectivity index (χ3n) is 4.35. The van der Waals surface area contributed by atoms with Crippen molar-refractivity contribution in [2.75, 3.05) is 13.1 Å². The topological polar surface area (TPSA) is 71.5 Å². The van der Waals surface area contributed by atoms with Crippen LogP contribution in [0.2, 0.25) is 5.15 Å². The molecule has 2 aliphatic heterocycles. The molecule has 3 heterocycles. The summed E-state index contributed by atoms with van der Waals surface area (Å²) in [5, 5.41) is 2.28. The number of thiazole rings is 1. The number of alkyl carbamates (subject to hydrolysis) is 1. The van der Waals surface area contributed by atoms with E-state index >= 15 is 0 Å². The maximum absolute atomic E-state index is 12.8. The van der Waals surface area contributed by atoms with E-state index in [0.717, 1.165) is 0 Å². The largest absolute Gasteiger partial charge is 0.438 e. The molecule has 1 unspecified atom stereocenters. The Morgan fingerprint density at radius 2 is 2.22 bits per heavy atom. The molecule has 2 fully saturated rings. The predicted octanol–water partition coefficient (Wildman–Crippen LogP) is 2.84. The van der Waals surface area contributed by atoms with Crippen LogP contribution in [0.1, 0.15) is 41.4 Å². The highest BCUT2D eigenvalue weighted by atomic mass is 35.5. The van der Waals surface area contributed by atoms with Crippen LogP contribution < -0.4 is 5.32 Å². The molecular weight excluding hydrogens is 352 g/mol. The molecule has 23 heavy (non-hydrogen) atoms. The van der Waals surface area contributed by atoms with Gasteiger partial charge in [0.1, 0.15) is 10.0 Å². The van der Waals surface area contributed by atoms with Gasteiger partial charge >= 0.3 is 6.09 Å². The van der Waals surface area contributed by atoms with E-state index in [9.17, 15) is 18.4 Å². The van der Waals surface area contributed by atoms with Gasteiger partial charge in [0.05, 0.1) is 12.1 Å². The maximum atomic E-state index is 12.8. The van der Waals surface area contributed by atoms with Gasteiger partial charge in [-0.1, -0.05) is 11.6 Å². The number of nitrogens with zero attached hydrogens (tertiary/aromatic N) is 2. The maximum Gasteiger partial charge on any atom is 0.408 e. The first kappa shape index (κ1) is 16.4. The number of ether oxygens (including phenoxy) is 1. The Kier molecular flexibility index (Phi) is 3.75.